The molecule has 136 valence electrons. The van der Waals surface area contributed by atoms with E-state index in [1.165, 1.54) is 0 Å². The fraction of sp³-hybridized carbons (Fsp3) is 0. The highest BCUT2D eigenvalue weighted by Gasteiger charge is 2.15. The van der Waals surface area contributed by atoms with Crippen LogP contribution in [0.2, 0.25) is 0 Å². The number of rotatable bonds is 4. The van der Waals surface area contributed by atoms with Crippen molar-refractivity contribution < 1.29 is 9.21 Å². The predicted molar refractivity (Wildman–Crippen MR) is 109 cm³/mol. The van der Waals surface area contributed by atoms with Crippen LogP contribution in [0, 0.1) is 0 Å². The van der Waals surface area contributed by atoms with Crippen molar-refractivity contribution in [2.45, 2.75) is 0 Å². The first kappa shape index (κ1) is 17.4. The predicted octanol–water partition coefficient (Wildman–Crippen LogP) is 4.12. The molecule has 0 aliphatic carbocycles. The van der Waals surface area contributed by atoms with Crippen LogP contribution < -0.4 is 10.9 Å². The minimum atomic E-state index is -0.506. The molecule has 0 saturated heterocycles. The lowest BCUT2D eigenvalue weighted by atomic mass is 10.1. The Balaban J connectivity index is 1.80. The van der Waals surface area contributed by atoms with Gasteiger partial charge in [0.1, 0.15) is 5.70 Å². The molecule has 4 aromatic rings. The highest BCUT2D eigenvalue weighted by molar-refractivity contribution is 6.01. The lowest BCUT2D eigenvalue weighted by molar-refractivity contribution is 0.0973. The average Bonchev–Trinajstić information content (AvgIpc) is 2.74. The molecule has 28 heavy (non-hydrogen) atoms. The van der Waals surface area contributed by atoms with E-state index in [9.17, 15) is 9.59 Å². The van der Waals surface area contributed by atoms with E-state index in [-0.39, 0.29) is 11.8 Å². The summed E-state index contributed by atoms with van der Waals surface area (Å²) >= 11 is 0. The zero-order valence-electron chi connectivity index (χ0n) is 14.8. The Bertz CT molecular complexity index is 1210. The molecule has 5 nitrogen and oxygen atoms in total. The molecule has 1 amide bonds. The molecule has 0 bridgehead atoms. The van der Waals surface area contributed by atoms with Gasteiger partial charge in [-0.2, -0.15) is 0 Å². The van der Waals surface area contributed by atoms with Gasteiger partial charge in [0.05, 0.1) is 10.9 Å². The van der Waals surface area contributed by atoms with Crippen LogP contribution >= 0.6 is 0 Å². The summed E-state index contributed by atoms with van der Waals surface area (Å²) in [5.74, 6) is -0.266. The van der Waals surface area contributed by atoms with Crippen molar-refractivity contribution in [3.8, 4) is 0 Å². The Morgan fingerprint density at radius 1 is 0.857 bits per heavy atom. The number of nitrogens with one attached hydrogen (secondary N) is 1. The van der Waals surface area contributed by atoms with Crippen LogP contribution in [-0.2, 0) is 0 Å². The summed E-state index contributed by atoms with van der Waals surface area (Å²) < 4.78 is 5.41. The summed E-state index contributed by atoms with van der Waals surface area (Å²) in [6.07, 6.45) is 1.72. The number of hydrogen-bond donors (Lipinski definition) is 1. The van der Waals surface area contributed by atoms with Crippen molar-refractivity contribution in [2.75, 3.05) is 0 Å². The molecule has 0 aliphatic heterocycles. The number of nitrogens with zero attached hydrogens (tertiary/aromatic N) is 1. The van der Waals surface area contributed by atoms with Crippen molar-refractivity contribution in [3.63, 3.8) is 0 Å². The minimum absolute atomic E-state index is 0.0526. The summed E-state index contributed by atoms with van der Waals surface area (Å²) in [4.78, 5) is 29.5. The van der Waals surface area contributed by atoms with Gasteiger partial charge in [-0.05, 0) is 35.9 Å². The van der Waals surface area contributed by atoms with Gasteiger partial charge in [0.2, 0.25) is 5.89 Å². The lowest BCUT2D eigenvalue weighted by Gasteiger charge is -2.09. The van der Waals surface area contributed by atoms with Gasteiger partial charge in [-0.25, -0.2) is 9.78 Å². The van der Waals surface area contributed by atoms with Gasteiger partial charge in [-0.15, -0.1) is 0 Å². The van der Waals surface area contributed by atoms with Crippen molar-refractivity contribution in [1.29, 1.82) is 0 Å². The summed E-state index contributed by atoms with van der Waals surface area (Å²) in [6.45, 7) is 0. The number of aromatic nitrogens is 1. The molecule has 0 atom stereocenters. The molecule has 0 radical (unpaired) electrons. The second kappa shape index (κ2) is 7.72. The third kappa shape index (κ3) is 3.73. The number of carbonyl (C=O) groups is 1. The normalized spacial score (nSPS) is 11.4. The summed E-state index contributed by atoms with van der Waals surface area (Å²) in [6, 6.07) is 25.2. The standard InChI is InChI=1S/C23H16N2O3/c26-21(17-11-5-2-6-12-17)24-20(15-16-9-3-1-4-10-16)22-25-19-14-8-7-13-18(19)23(27)28-22/h1-15H,(H,24,26)/b20-15-. The van der Waals surface area contributed by atoms with Gasteiger partial charge < -0.3 is 9.73 Å². The van der Waals surface area contributed by atoms with Crippen LogP contribution in [0.15, 0.2) is 94.1 Å². The van der Waals surface area contributed by atoms with Crippen LogP contribution in [0.4, 0.5) is 0 Å². The molecule has 4 rings (SSSR count). The van der Waals surface area contributed by atoms with E-state index in [0.29, 0.717) is 22.2 Å². The van der Waals surface area contributed by atoms with Crippen molar-refractivity contribution in [3.05, 3.63) is 112 Å². The number of fused-ring (bicyclic) bond motifs is 1. The highest BCUT2D eigenvalue weighted by Crippen LogP contribution is 2.17. The molecular formula is C23H16N2O3. The fourth-order valence-corrected chi connectivity index (χ4v) is 2.79. The Morgan fingerprint density at radius 3 is 2.25 bits per heavy atom. The molecule has 5 heteroatoms. The molecule has 1 aromatic heterocycles. The zero-order chi connectivity index (χ0) is 19.3. The molecule has 0 fully saturated rings. The highest BCUT2D eigenvalue weighted by atomic mass is 16.4. The van der Waals surface area contributed by atoms with Crippen LogP contribution in [0.1, 0.15) is 21.8 Å². The van der Waals surface area contributed by atoms with Crippen LogP contribution in [0.5, 0.6) is 0 Å². The zero-order valence-corrected chi connectivity index (χ0v) is 14.8. The van der Waals surface area contributed by atoms with Gasteiger partial charge in [-0.3, -0.25) is 4.79 Å². The monoisotopic (exact) mass is 368 g/mol. The Hall–Kier alpha value is -3.99. The fourth-order valence-electron chi connectivity index (χ4n) is 2.79. The minimum Gasteiger partial charge on any atom is -0.401 e. The van der Waals surface area contributed by atoms with E-state index in [1.807, 2.05) is 36.4 Å². The maximum absolute atomic E-state index is 12.7. The lowest BCUT2D eigenvalue weighted by Crippen LogP contribution is -2.23. The number of amides is 1. The van der Waals surface area contributed by atoms with E-state index in [1.54, 1.807) is 54.6 Å². The van der Waals surface area contributed by atoms with E-state index in [0.717, 1.165) is 5.56 Å². The largest absolute Gasteiger partial charge is 0.401 e. The topological polar surface area (TPSA) is 72.2 Å². The summed E-state index contributed by atoms with van der Waals surface area (Å²) in [5, 5.41) is 3.21. The van der Waals surface area contributed by atoms with Gasteiger partial charge >= 0.3 is 5.63 Å². The molecule has 1 heterocycles. The Morgan fingerprint density at radius 2 is 1.50 bits per heavy atom. The van der Waals surface area contributed by atoms with Crippen LogP contribution in [0.3, 0.4) is 0 Å². The van der Waals surface area contributed by atoms with E-state index >= 15 is 0 Å². The molecule has 0 saturated carbocycles. The SMILES string of the molecule is O=C(N/C(=C\c1ccccc1)c1nc2ccccc2c(=O)o1)c1ccccc1. The maximum Gasteiger partial charge on any atom is 0.347 e. The number of carbonyl (C=O) groups excluding carboxylic acids is 1. The second-order valence-corrected chi connectivity index (χ2v) is 6.11. The molecular weight excluding hydrogens is 352 g/mol. The molecule has 1 N–H and O–H groups in total. The first-order chi connectivity index (χ1) is 13.7. The number of para-hydroxylation sites is 1. The van der Waals surface area contributed by atoms with Crippen molar-refractivity contribution in [2.24, 2.45) is 0 Å². The van der Waals surface area contributed by atoms with Gasteiger partial charge in [0.15, 0.2) is 0 Å². The van der Waals surface area contributed by atoms with Crippen molar-refractivity contribution >= 4 is 28.6 Å². The van der Waals surface area contributed by atoms with Gasteiger partial charge in [0.25, 0.3) is 5.91 Å². The molecule has 0 spiro atoms. The maximum atomic E-state index is 12.7. The number of hydrogen-bond acceptors (Lipinski definition) is 4. The van der Waals surface area contributed by atoms with Crippen LogP contribution in [0.25, 0.3) is 22.7 Å². The first-order valence-corrected chi connectivity index (χ1v) is 8.74. The van der Waals surface area contributed by atoms with E-state index in [4.69, 9.17) is 4.42 Å². The quantitative estimate of drug-likeness (QED) is 0.588. The third-order valence-electron chi connectivity index (χ3n) is 4.16. The second-order valence-electron chi connectivity index (χ2n) is 6.11. The molecule has 0 unspecified atom stereocenters. The molecule has 0 aliphatic rings. The Labute approximate surface area is 161 Å². The van der Waals surface area contributed by atoms with Crippen LogP contribution in [-0.4, -0.2) is 10.9 Å². The summed E-state index contributed by atoms with van der Waals surface area (Å²) in [7, 11) is 0. The Kier molecular flexibility index (Phi) is 4.80. The third-order valence-corrected chi connectivity index (χ3v) is 4.16. The smallest absolute Gasteiger partial charge is 0.347 e. The van der Waals surface area contributed by atoms with Gasteiger partial charge in [-0.1, -0.05) is 60.7 Å². The van der Waals surface area contributed by atoms with E-state index < -0.39 is 5.63 Å². The van der Waals surface area contributed by atoms with Crippen molar-refractivity contribution in [1.82, 2.24) is 10.3 Å². The molecule has 3 aromatic carbocycles. The summed E-state index contributed by atoms with van der Waals surface area (Å²) in [5.41, 5.74) is 1.63. The average molecular weight is 368 g/mol. The van der Waals surface area contributed by atoms with E-state index in [2.05, 4.69) is 10.3 Å². The van der Waals surface area contributed by atoms with Gasteiger partial charge in [0, 0.05) is 5.56 Å². The first-order valence-electron chi connectivity index (χ1n) is 8.74. The number of benzene rings is 3.